The fourth-order valence-electron chi connectivity index (χ4n) is 2.97. The smallest absolute Gasteiger partial charge is 0.317 e. The standard InChI is InChI=1S/C19H32N4O/c1-15(19(2,3)4)21-18(24)23-10-8-17(14-23)13-22(5)12-16-7-6-9-20-11-16/h6-7,9,11,15,17H,8,10,12-14H2,1-5H3,(H,21,24)/t15-,17+/m1/s1. The molecular weight excluding hydrogens is 300 g/mol. The molecule has 1 aliphatic rings. The molecule has 2 amide bonds. The Bertz CT molecular complexity index is 526. The third-order valence-electron chi connectivity index (χ3n) is 4.96. The molecule has 1 aromatic heterocycles. The Labute approximate surface area is 146 Å². The van der Waals surface area contributed by atoms with E-state index in [0.717, 1.165) is 32.6 Å². The molecule has 1 saturated heterocycles. The van der Waals surface area contributed by atoms with Crippen molar-refractivity contribution in [1.82, 2.24) is 20.1 Å². The van der Waals surface area contributed by atoms with Gasteiger partial charge in [-0.2, -0.15) is 0 Å². The normalized spacial score (nSPS) is 19.6. The lowest BCUT2D eigenvalue weighted by Gasteiger charge is -2.30. The van der Waals surface area contributed by atoms with Gasteiger partial charge in [-0.15, -0.1) is 0 Å². The summed E-state index contributed by atoms with van der Waals surface area (Å²) in [7, 11) is 2.14. The number of likely N-dealkylation sites (tertiary alicyclic amines) is 1. The van der Waals surface area contributed by atoms with Crippen LogP contribution >= 0.6 is 0 Å². The van der Waals surface area contributed by atoms with Crippen molar-refractivity contribution in [3.63, 3.8) is 0 Å². The molecule has 2 atom stereocenters. The lowest BCUT2D eigenvalue weighted by Crippen LogP contribution is -2.47. The Hall–Kier alpha value is -1.62. The Balaban J connectivity index is 1.77. The van der Waals surface area contributed by atoms with Crippen LogP contribution in [0.25, 0.3) is 0 Å². The van der Waals surface area contributed by atoms with E-state index in [1.165, 1.54) is 5.56 Å². The molecule has 0 bridgehead atoms. The molecular formula is C19H32N4O. The van der Waals surface area contributed by atoms with E-state index in [-0.39, 0.29) is 17.5 Å². The third kappa shape index (κ3) is 5.48. The number of carbonyl (C=O) groups excluding carboxylic acids is 1. The minimum atomic E-state index is 0.0786. The molecule has 0 saturated carbocycles. The highest BCUT2D eigenvalue weighted by Gasteiger charge is 2.29. The molecule has 0 radical (unpaired) electrons. The summed E-state index contributed by atoms with van der Waals surface area (Å²) in [5.74, 6) is 0.544. The molecule has 0 spiro atoms. The van der Waals surface area contributed by atoms with Gasteiger partial charge in [0.1, 0.15) is 0 Å². The summed E-state index contributed by atoms with van der Waals surface area (Å²) in [6, 6.07) is 4.32. The molecule has 1 aromatic rings. The van der Waals surface area contributed by atoms with Crippen LogP contribution in [0.1, 0.15) is 39.7 Å². The fraction of sp³-hybridized carbons (Fsp3) is 0.684. The Morgan fingerprint density at radius 1 is 1.50 bits per heavy atom. The fourth-order valence-corrected chi connectivity index (χ4v) is 2.97. The SMILES string of the molecule is C[C@@H](NC(=O)N1CC[C@@H](CN(C)Cc2cccnc2)C1)C(C)(C)C. The van der Waals surface area contributed by atoms with Crippen molar-refractivity contribution in [2.24, 2.45) is 11.3 Å². The number of pyridine rings is 1. The predicted octanol–water partition coefficient (Wildman–Crippen LogP) is 2.98. The van der Waals surface area contributed by atoms with Gasteiger partial charge < -0.3 is 15.1 Å². The molecule has 0 aromatic carbocycles. The van der Waals surface area contributed by atoms with Crippen LogP contribution in [0.4, 0.5) is 4.79 Å². The average molecular weight is 332 g/mol. The highest BCUT2D eigenvalue weighted by atomic mass is 16.2. The largest absolute Gasteiger partial charge is 0.335 e. The van der Waals surface area contributed by atoms with E-state index in [4.69, 9.17) is 0 Å². The van der Waals surface area contributed by atoms with Crippen molar-refractivity contribution in [1.29, 1.82) is 0 Å². The second kappa shape index (κ2) is 7.97. The van der Waals surface area contributed by atoms with Crippen molar-refractivity contribution in [2.75, 3.05) is 26.7 Å². The average Bonchev–Trinajstić information content (AvgIpc) is 2.95. The summed E-state index contributed by atoms with van der Waals surface area (Å²) in [4.78, 5) is 20.9. The quantitative estimate of drug-likeness (QED) is 0.902. The summed E-state index contributed by atoms with van der Waals surface area (Å²) in [6.45, 7) is 12.1. The highest BCUT2D eigenvalue weighted by molar-refractivity contribution is 5.74. The number of aromatic nitrogens is 1. The molecule has 5 nitrogen and oxygen atoms in total. The maximum Gasteiger partial charge on any atom is 0.317 e. The first-order valence-electron chi connectivity index (χ1n) is 8.88. The molecule has 2 heterocycles. The minimum absolute atomic E-state index is 0.0786. The van der Waals surface area contributed by atoms with Crippen LogP contribution in [0.15, 0.2) is 24.5 Å². The summed E-state index contributed by atoms with van der Waals surface area (Å²) in [5.41, 5.74) is 1.31. The molecule has 24 heavy (non-hydrogen) atoms. The first-order chi connectivity index (χ1) is 11.3. The van der Waals surface area contributed by atoms with E-state index in [9.17, 15) is 4.79 Å². The second-order valence-electron chi connectivity index (χ2n) is 8.20. The van der Waals surface area contributed by atoms with E-state index in [1.807, 2.05) is 17.2 Å². The van der Waals surface area contributed by atoms with E-state index >= 15 is 0 Å². The van der Waals surface area contributed by atoms with Crippen molar-refractivity contribution < 1.29 is 4.79 Å². The van der Waals surface area contributed by atoms with Crippen LogP contribution in [0.5, 0.6) is 0 Å². The van der Waals surface area contributed by atoms with Gasteiger partial charge in [0, 0.05) is 44.6 Å². The molecule has 1 aliphatic heterocycles. The zero-order valence-corrected chi connectivity index (χ0v) is 15.7. The Kier molecular flexibility index (Phi) is 6.21. The van der Waals surface area contributed by atoms with Crippen LogP contribution in [-0.2, 0) is 6.54 Å². The molecule has 1 N–H and O–H groups in total. The Morgan fingerprint density at radius 3 is 2.88 bits per heavy atom. The molecule has 1 fully saturated rings. The predicted molar refractivity (Wildman–Crippen MR) is 97.7 cm³/mol. The van der Waals surface area contributed by atoms with E-state index in [1.54, 1.807) is 6.20 Å². The van der Waals surface area contributed by atoms with Gasteiger partial charge in [0.2, 0.25) is 0 Å². The third-order valence-corrected chi connectivity index (χ3v) is 4.96. The molecule has 5 heteroatoms. The van der Waals surface area contributed by atoms with Crippen LogP contribution in [-0.4, -0.2) is 53.5 Å². The van der Waals surface area contributed by atoms with Gasteiger partial charge in [0.05, 0.1) is 0 Å². The number of rotatable bonds is 5. The van der Waals surface area contributed by atoms with Crippen LogP contribution in [0.2, 0.25) is 0 Å². The first kappa shape index (κ1) is 18.7. The number of hydrogen-bond acceptors (Lipinski definition) is 3. The molecule has 2 rings (SSSR count). The molecule has 134 valence electrons. The van der Waals surface area contributed by atoms with Gasteiger partial charge >= 0.3 is 6.03 Å². The maximum atomic E-state index is 12.4. The topological polar surface area (TPSA) is 48.5 Å². The number of hydrogen-bond donors (Lipinski definition) is 1. The van der Waals surface area contributed by atoms with Crippen LogP contribution in [0.3, 0.4) is 0 Å². The number of amides is 2. The monoisotopic (exact) mass is 332 g/mol. The van der Waals surface area contributed by atoms with Gasteiger partial charge in [-0.3, -0.25) is 4.98 Å². The van der Waals surface area contributed by atoms with Crippen molar-refractivity contribution in [3.8, 4) is 0 Å². The minimum Gasteiger partial charge on any atom is -0.335 e. The van der Waals surface area contributed by atoms with Gasteiger partial charge in [0.25, 0.3) is 0 Å². The van der Waals surface area contributed by atoms with E-state index < -0.39 is 0 Å². The van der Waals surface area contributed by atoms with Crippen molar-refractivity contribution >= 4 is 6.03 Å². The highest BCUT2D eigenvalue weighted by Crippen LogP contribution is 2.21. The van der Waals surface area contributed by atoms with Gasteiger partial charge in [-0.05, 0) is 43.4 Å². The first-order valence-corrected chi connectivity index (χ1v) is 8.88. The van der Waals surface area contributed by atoms with Gasteiger partial charge in [-0.25, -0.2) is 4.79 Å². The number of nitrogens with zero attached hydrogens (tertiary/aromatic N) is 3. The number of urea groups is 1. The molecule has 0 unspecified atom stereocenters. The zero-order chi connectivity index (χ0) is 17.7. The van der Waals surface area contributed by atoms with E-state index in [0.29, 0.717) is 5.92 Å². The van der Waals surface area contributed by atoms with Crippen LogP contribution in [0, 0.1) is 11.3 Å². The zero-order valence-electron chi connectivity index (χ0n) is 15.7. The second-order valence-corrected chi connectivity index (χ2v) is 8.20. The van der Waals surface area contributed by atoms with Crippen LogP contribution < -0.4 is 5.32 Å². The van der Waals surface area contributed by atoms with Crippen molar-refractivity contribution in [2.45, 2.75) is 46.7 Å². The lowest BCUT2D eigenvalue weighted by atomic mass is 9.88. The maximum absolute atomic E-state index is 12.4. The summed E-state index contributed by atoms with van der Waals surface area (Å²) in [5, 5.41) is 3.14. The number of carbonyl (C=O) groups is 1. The summed E-state index contributed by atoms with van der Waals surface area (Å²) in [6.07, 6.45) is 4.79. The van der Waals surface area contributed by atoms with Gasteiger partial charge in [-0.1, -0.05) is 26.8 Å². The van der Waals surface area contributed by atoms with Gasteiger partial charge in [0.15, 0.2) is 0 Å². The summed E-state index contributed by atoms with van der Waals surface area (Å²) < 4.78 is 0. The number of nitrogens with one attached hydrogen (secondary N) is 1. The summed E-state index contributed by atoms with van der Waals surface area (Å²) >= 11 is 0. The Morgan fingerprint density at radius 2 is 2.25 bits per heavy atom. The van der Waals surface area contributed by atoms with Crippen molar-refractivity contribution in [3.05, 3.63) is 30.1 Å². The molecule has 0 aliphatic carbocycles. The van der Waals surface area contributed by atoms with E-state index in [2.05, 4.69) is 56.0 Å². The lowest BCUT2D eigenvalue weighted by molar-refractivity contribution is 0.188.